The van der Waals surface area contributed by atoms with Gasteiger partial charge in [-0.2, -0.15) is 0 Å². The van der Waals surface area contributed by atoms with Gasteiger partial charge in [-0.1, -0.05) is 45.9 Å². The Kier molecular flexibility index (Phi) is 6.21. The molecule has 5 nitrogen and oxygen atoms in total. The van der Waals surface area contributed by atoms with Crippen LogP contribution in [0.2, 0.25) is 0 Å². The predicted octanol–water partition coefficient (Wildman–Crippen LogP) is 1.08. The molecule has 1 aromatic rings. The number of para-hydroxylation sites is 1. The molecule has 1 amide bonds. The van der Waals surface area contributed by atoms with Crippen LogP contribution in [0.3, 0.4) is 0 Å². The summed E-state index contributed by atoms with van der Waals surface area (Å²) in [6.45, 7) is 7.26. The molecular weight excluding hydrogens is 270 g/mol. The molecule has 0 aliphatic rings. The Morgan fingerprint density at radius 1 is 1.19 bits per heavy atom. The van der Waals surface area contributed by atoms with Crippen LogP contribution in [0.1, 0.15) is 39.2 Å². The van der Waals surface area contributed by atoms with Crippen LogP contribution in [-0.4, -0.2) is 24.5 Å². The van der Waals surface area contributed by atoms with E-state index >= 15 is 0 Å². The smallest absolute Gasteiger partial charge is 0.258 e. The molecule has 1 rings (SSSR count). The highest BCUT2D eigenvalue weighted by Gasteiger charge is 2.18. The molecule has 0 aromatic heterocycles. The Balaban J connectivity index is 2.63. The van der Waals surface area contributed by atoms with Gasteiger partial charge in [-0.3, -0.25) is 4.79 Å². The summed E-state index contributed by atoms with van der Waals surface area (Å²) < 4.78 is 5.50. The molecule has 1 atom stereocenters. The van der Waals surface area contributed by atoms with Crippen molar-refractivity contribution in [1.29, 1.82) is 0 Å². The summed E-state index contributed by atoms with van der Waals surface area (Å²) in [7, 11) is 0. The molecule has 0 fully saturated rings. The van der Waals surface area contributed by atoms with E-state index in [0.717, 1.165) is 5.56 Å². The van der Waals surface area contributed by atoms with Gasteiger partial charge in [-0.25, -0.2) is 0 Å². The zero-order chi connectivity index (χ0) is 16.0. The van der Waals surface area contributed by atoms with Crippen LogP contribution in [-0.2, 0) is 9.59 Å². The number of carboxylic acid groups (broad SMARTS) is 1. The summed E-state index contributed by atoms with van der Waals surface area (Å²) in [5.41, 5.74) is 1.01. The Bertz CT molecular complexity index is 497. The maximum absolute atomic E-state index is 11.8. The highest BCUT2D eigenvalue weighted by Crippen LogP contribution is 2.25. The van der Waals surface area contributed by atoms with Gasteiger partial charge in [0.05, 0.1) is 12.0 Å². The van der Waals surface area contributed by atoms with E-state index < -0.39 is 17.9 Å². The third kappa shape index (κ3) is 5.10. The lowest BCUT2D eigenvalue weighted by atomic mass is 10.0. The second kappa shape index (κ2) is 7.67. The van der Waals surface area contributed by atoms with E-state index in [9.17, 15) is 14.7 Å². The van der Waals surface area contributed by atoms with Crippen molar-refractivity contribution >= 4 is 11.9 Å². The maximum Gasteiger partial charge on any atom is 0.258 e. The van der Waals surface area contributed by atoms with Crippen LogP contribution >= 0.6 is 0 Å². The van der Waals surface area contributed by atoms with Crippen molar-refractivity contribution in [2.75, 3.05) is 6.61 Å². The number of carbonyl (C=O) groups excluding carboxylic acids is 2. The number of hydrogen-bond donors (Lipinski definition) is 1. The first-order chi connectivity index (χ1) is 9.82. The number of ether oxygens (including phenoxy) is 1. The molecule has 5 heteroatoms. The second-order valence-corrected chi connectivity index (χ2v) is 5.59. The van der Waals surface area contributed by atoms with E-state index in [-0.39, 0.29) is 18.4 Å². The molecule has 1 aromatic carbocycles. The Labute approximate surface area is 125 Å². The van der Waals surface area contributed by atoms with Crippen LogP contribution < -0.4 is 15.2 Å². The minimum absolute atomic E-state index is 0.222. The minimum atomic E-state index is -1.29. The summed E-state index contributed by atoms with van der Waals surface area (Å²) in [6.07, 6.45) is 0. The number of benzene rings is 1. The van der Waals surface area contributed by atoms with Gasteiger partial charge in [0.1, 0.15) is 5.75 Å². The van der Waals surface area contributed by atoms with Crippen LogP contribution in [0.25, 0.3) is 0 Å². The molecular formula is C16H22NO4-. The third-order valence-electron chi connectivity index (χ3n) is 3.14. The first-order valence-electron chi connectivity index (χ1n) is 7.04. The van der Waals surface area contributed by atoms with Crippen molar-refractivity contribution < 1.29 is 19.4 Å². The van der Waals surface area contributed by atoms with Crippen molar-refractivity contribution in [3.63, 3.8) is 0 Å². The molecule has 0 heterocycles. The number of carboxylic acids is 1. The van der Waals surface area contributed by atoms with E-state index in [4.69, 9.17) is 4.74 Å². The highest BCUT2D eigenvalue weighted by molar-refractivity contribution is 5.83. The molecule has 0 spiro atoms. The van der Waals surface area contributed by atoms with Crippen molar-refractivity contribution in [3.8, 4) is 5.75 Å². The zero-order valence-corrected chi connectivity index (χ0v) is 12.9. The first kappa shape index (κ1) is 17.0. The molecule has 0 radical (unpaired) electrons. The first-order valence-corrected chi connectivity index (χ1v) is 7.04. The molecule has 0 saturated heterocycles. The number of amides is 1. The van der Waals surface area contributed by atoms with Gasteiger partial charge in [0.2, 0.25) is 0 Å². The van der Waals surface area contributed by atoms with Crippen LogP contribution in [0, 0.1) is 5.92 Å². The molecule has 21 heavy (non-hydrogen) atoms. The quantitative estimate of drug-likeness (QED) is 0.815. The lowest BCUT2D eigenvalue weighted by molar-refractivity contribution is -0.309. The van der Waals surface area contributed by atoms with Crippen LogP contribution in [0.5, 0.6) is 5.75 Å². The summed E-state index contributed by atoms with van der Waals surface area (Å²) in [6, 6.07) is 6.46. The topological polar surface area (TPSA) is 78.5 Å². The van der Waals surface area contributed by atoms with E-state index in [2.05, 4.69) is 5.32 Å². The Morgan fingerprint density at radius 3 is 2.33 bits per heavy atom. The molecule has 0 saturated carbocycles. The fourth-order valence-electron chi connectivity index (χ4n) is 1.95. The average Bonchev–Trinajstić information content (AvgIpc) is 2.42. The van der Waals surface area contributed by atoms with E-state index in [1.807, 2.05) is 32.0 Å². The fraction of sp³-hybridized carbons (Fsp3) is 0.500. The number of nitrogens with one attached hydrogen (secondary N) is 1. The van der Waals surface area contributed by atoms with Gasteiger partial charge in [-0.15, -0.1) is 0 Å². The molecule has 0 unspecified atom stereocenters. The number of rotatable bonds is 7. The Morgan fingerprint density at radius 2 is 1.81 bits per heavy atom. The van der Waals surface area contributed by atoms with Gasteiger partial charge in [-0.05, 0) is 23.5 Å². The average molecular weight is 292 g/mol. The summed E-state index contributed by atoms with van der Waals surface area (Å²) in [4.78, 5) is 22.7. The highest BCUT2D eigenvalue weighted by atomic mass is 16.5. The minimum Gasteiger partial charge on any atom is -0.548 e. The molecule has 116 valence electrons. The lowest BCUT2D eigenvalue weighted by Crippen LogP contribution is -2.51. The monoisotopic (exact) mass is 292 g/mol. The van der Waals surface area contributed by atoms with Crippen LogP contribution in [0.4, 0.5) is 0 Å². The number of carbonyl (C=O) groups is 2. The Hall–Kier alpha value is -2.04. The van der Waals surface area contributed by atoms with Crippen molar-refractivity contribution in [3.05, 3.63) is 29.8 Å². The van der Waals surface area contributed by atoms with Gasteiger partial charge in [0, 0.05) is 0 Å². The molecule has 1 N–H and O–H groups in total. The predicted molar refractivity (Wildman–Crippen MR) is 77.8 cm³/mol. The van der Waals surface area contributed by atoms with Gasteiger partial charge >= 0.3 is 0 Å². The second-order valence-electron chi connectivity index (χ2n) is 5.59. The summed E-state index contributed by atoms with van der Waals surface area (Å²) in [5.74, 6) is -1.10. The standard InChI is InChI=1S/C16H23NO4/c1-10(2)12-7-5-6-8-13(12)21-9-14(18)17-15(11(3)4)16(19)20/h5-8,10-11,15H,9H2,1-4H3,(H,17,18)(H,19,20)/p-1/t15-/m0/s1. The molecule has 0 bridgehead atoms. The zero-order valence-electron chi connectivity index (χ0n) is 12.9. The summed E-state index contributed by atoms with van der Waals surface area (Å²) in [5, 5.41) is 13.3. The van der Waals surface area contributed by atoms with Crippen molar-refractivity contribution in [2.45, 2.75) is 39.7 Å². The SMILES string of the molecule is CC(C)c1ccccc1OCC(=O)N[C@H](C(=O)[O-])C(C)C. The van der Waals surface area contributed by atoms with E-state index in [0.29, 0.717) is 5.75 Å². The van der Waals surface area contributed by atoms with Crippen molar-refractivity contribution in [2.24, 2.45) is 5.92 Å². The van der Waals surface area contributed by atoms with E-state index in [1.165, 1.54) is 0 Å². The van der Waals surface area contributed by atoms with Gasteiger partial charge in [0.15, 0.2) is 6.61 Å². The third-order valence-corrected chi connectivity index (χ3v) is 3.14. The van der Waals surface area contributed by atoms with Crippen molar-refractivity contribution in [1.82, 2.24) is 5.32 Å². The molecule has 0 aliphatic heterocycles. The molecule has 0 aliphatic carbocycles. The van der Waals surface area contributed by atoms with Crippen LogP contribution in [0.15, 0.2) is 24.3 Å². The van der Waals surface area contributed by atoms with Gasteiger partial charge < -0.3 is 20.0 Å². The normalized spacial score (nSPS) is 12.3. The maximum atomic E-state index is 11.8. The largest absolute Gasteiger partial charge is 0.548 e. The lowest BCUT2D eigenvalue weighted by Gasteiger charge is -2.23. The number of hydrogen-bond acceptors (Lipinski definition) is 4. The summed E-state index contributed by atoms with van der Waals surface area (Å²) >= 11 is 0. The van der Waals surface area contributed by atoms with E-state index in [1.54, 1.807) is 19.9 Å². The van der Waals surface area contributed by atoms with Gasteiger partial charge in [0.25, 0.3) is 5.91 Å². The fourth-order valence-corrected chi connectivity index (χ4v) is 1.95. The number of aliphatic carboxylic acids is 1.